The smallest absolute Gasteiger partial charge is 0.255 e. The molecule has 2 aromatic carbocycles. The van der Waals surface area contributed by atoms with Gasteiger partial charge < -0.3 is 10.1 Å². The van der Waals surface area contributed by atoms with Crippen molar-refractivity contribution in [1.82, 2.24) is 0 Å². The van der Waals surface area contributed by atoms with Crippen LogP contribution in [0, 0.1) is 0 Å². The second-order valence-electron chi connectivity index (χ2n) is 4.35. The molecule has 0 atom stereocenters. The van der Waals surface area contributed by atoms with Gasteiger partial charge in [0.15, 0.2) is 0 Å². The van der Waals surface area contributed by atoms with Gasteiger partial charge in [0.1, 0.15) is 5.75 Å². The molecule has 0 saturated carbocycles. The number of benzene rings is 2. The van der Waals surface area contributed by atoms with Gasteiger partial charge in [-0.1, -0.05) is 35.0 Å². The van der Waals surface area contributed by atoms with Crippen molar-refractivity contribution in [3.8, 4) is 5.75 Å². The Bertz CT molecular complexity index is 608. The van der Waals surface area contributed by atoms with Crippen molar-refractivity contribution in [2.45, 2.75) is 13.3 Å². The van der Waals surface area contributed by atoms with Gasteiger partial charge in [0.05, 0.1) is 12.8 Å². The molecule has 2 rings (SSSR count). The van der Waals surface area contributed by atoms with Crippen LogP contribution in [-0.4, -0.2) is 13.0 Å². The molecule has 1 amide bonds. The van der Waals surface area contributed by atoms with E-state index >= 15 is 0 Å². The SMILES string of the molecule is CCc1ccc(C(=O)Nc2cc(Br)ccc2OC)cc1. The van der Waals surface area contributed by atoms with Gasteiger partial charge >= 0.3 is 0 Å². The minimum Gasteiger partial charge on any atom is -0.495 e. The average molecular weight is 334 g/mol. The molecule has 0 saturated heterocycles. The van der Waals surface area contributed by atoms with Gasteiger partial charge in [0.25, 0.3) is 5.91 Å². The number of halogens is 1. The van der Waals surface area contributed by atoms with Gasteiger partial charge in [-0.05, 0) is 42.3 Å². The number of carbonyl (C=O) groups is 1. The Morgan fingerprint density at radius 2 is 1.90 bits per heavy atom. The minimum absolute atomic E-state index is 0.149. The molecule has 0 bridgehead atoms. The molecule has 0 unspecified atom stereocenters. The van der Waals surface area contributed by atoms with Crippen LogP contribution in [0.5, 0.6) is 5.75 Å². The van der Waals surface area contributed by atoms with E-state index in [4.69, 9.17) is 4.74 Å². The van der Waals surface area contributed by atoms with Crippen LogP contribution in [0.15, 0.2) is 46.9 Å². The highest BCUT2D eigenvalue weighted by Crippen LogP contribution is 2.28. The Labute approximate surface area is 127 Å². The van der Waals surface area contributed by atoms with Crippen molar-refractivity contribution in [2.75, 3.05) is 12.4 Å². The third kappa shape index (κ3) is 3.39. The van der Waals surface area contributed by atoms with Gasteiger partial charge in [-0.2, -0.15) is 0 Å². The number of hydrogen-bond acceptors (Lipinski definition) is 2. The Balaban J connectivity index is 2.20. The van der Waals surface area contributed by atoms with Crippen LogP contribution < -0.4 is 10.1 Å². The first kappa shape index (κ1) is 14.6. The molecular formula is C16H16BrNO2. The number of hydrogen-bond donors (Lipinski definition) is 1. The zero-order chi connectivity index (χ0) is 14.5. The van der Waals surface area contributed by atoms with Crippen LogP contribution in [0.25, 0.3) is 0 Å². The third-order valence-corrected chi connectivity index (χ3v) is 3.53. The molecule has 0 radical (unpaired) electrons. The van der Waals surface area contributed by atoms with Crippen LogP contribution in [0.3, 0.4) is 0 Å². The van der Waals surface area contributed by atoms with Crippen LogP contribution in [0.4, 0.5) is 5.69 Å². The molecule has 104 valence electrons. The van der Waals surface area contributed by atoms with Gasteiger partial charge in [0, 0.05) is 10.0 Å². The molecule has 0 heterocycles. The molecule has 0 aliphatic heterocycles. The van der Waals surface area contributed by atoms with Gasteiger partial charge in [-0.15, -0.1) is 0 Å². The largest absolute Gasteiger partial charge is 0.495 e. The third-order valence-electron chi connectivity index (χ3n) is 3.03. The molecule has 20 heavy (non-hydrogen) atoms. The zero-order valence-electron chi connectivity index (χ0n) is 11.4. The molecule has 1 N–H and O–H groups in total. The number of anilines is 1. The number of aryl methyl sites for hydroxylation is 1. The standard InChI is InChI=1S/C16H16BrNO2/c1-3-11-4-6-12(7-5-11)16(19)18-14-10-13(17)8-9-15(14)20-2/h4-10H,3H2,1-2H3,(H,18,19). The van der Waals surface area contributed by atoms with Crippen molar-refractivity contribution in [3.05, 3.63) is 58.1 Å². The van der Waals surface area contributed by atoms with E-state index in [-0.39, 0.29) is 5.91 Å². The predicted octanol–water partition coefficient (Wildman–Crippen LogP) is 4.27. The first-order chi connectivity index (χ1) is 9.63. The monoisotopic (exact) mass is 333 g/mol. The van der Waals surface area contributed by atoms with Gasteiger partial charge in [-0.3, -0.25) is 4.79 Å². The Kier molecular flexibility index (Phi) is 4.79. The van der Waals surface area contributed by atoms with Crippen LogP contribution >= 0.6 is 15.9 Å². The molecule has 4 heteroatoms. The minimum atomic E-state index is -0.149. The lowest BCUT2D eigenvalue weighted by atomic mass is 10.1. The van der Waals surface area contributed by atoms with E-state index in [1.54, 1.807) is 13.2 Å². The van der Waals surface area contributed by atoms with E-state index in [9.17, 15) is 4.79 Å². The summed E-state index contributed by atoms with van der Waals surface area (Å²) in [6.07, 6.45) is 0.960. The van der Waals surface area contributed by atoms with E-state index in [1.807, 2.05) is 36.4 Å². The summed E-state index contributed by atoms with van der Waals surface area (Å²) in [7, 11) is 1.58. The summed E-state index contributed by atoms with van der Waals surface area (Å²) >= 11 is 3.38. The number of rotatable bonds is 4. The lowest BCUT2D eigenvalue weighted by Gasteiger charge is -2.11. The second-order valence-corrected chi connectivity index (χ2v) is 5.26. The second kappa shape index (κ2) is 6.57. The van der Waals surface area contributed by atoms with Crippen LogP contribution in [-0.2, 0) is 6.42 Å². The Morgan fingerprint density at radius 1 is 1.20 bits per heavy atom. The lowest BCUT2D eigenvalue weighted by Crippen LogP contribution is -2.12. The normalized spacial score (nSPS) is 10.2. The Hall–Kier alpha value is -1.81. The number of ether oxygens (including phenoxy) is 1. The molecule has 0 aliphatic rings. The average Bonchev–Trinajstić information content (AvgIpc) is 2.47. The highest BCUT2D eigenvalue weighted by Gasteiger charge is 2.10. The van der Waals surface area contributed by atoms with Gasteiger partial charge in [0.2, 0.25) is 0 Å². The number of methoxy groups -OCH3 is 1. The quantitative estimate of drug-likeness (QED) is 0.907. The van der Waals surface area contributed by atoms with Crippen molar-refractivity contribution >= 4 is 27.5 Å². The summed E-state index contributed by atoms with van der Waals surface area (Å²) < 4.78 is 6.12. The first-order valence-corrected chi connectivity index (χ1v) is 7.17. The van der Waals surface area contributed by atoms with Gasteiger partial charge in [-0.25, -0.2) is 0 Å². The molecule has 0 spiro atoms. The van der Waals surface area contributed by atoms with E-state index in [0.29, 0.717) is 17.0 Å². The predicted molar refractivity (Wildman–Crippen MR) is 84.5 cm³/mol. The highest BCUT2D eigenvalue weighted by atomic mass is 79.9. The number of amides is 1. The topological polar surface area (TPSA) is 38.3 Å². The maximum absolute atomic E-state index is 12.2. The van der Waals surface area contributed by atoms with E-state index < -0.39 is 0 Å². The molecule has 0 fully saturated rings. The van der Waals surface area contributed by atoms with Crippen LogP contribution in [0.1, 0.15) is 22.8 Å². The fourth-order valence-corrected chi connectivity index (χ4v) is 2.23. The molecule has 0 aliphatic carbocycles. The van der Waals surface area contributed by atoms with Crippen molar-refractivity contribution in [1.29, 1.82) is 0 Å². The summed E-state index contributed by atoms with van der Waals surface area (Å²) in [5, 5.41) is 2.86. The number of nitrogens with one attached hydrogen (secondary N) is 1. The fourth-order valence-electron chi connectivity index (χ4n) is 1.86. The van der Waals surface area contributed by atoms with E-state index in [2.05, 4.69) is 28.2 Å². The van der Waals surface area contributed by atoms with E-state index in [0.717, 1.165) is 10.9 Å². The van der Waals surface area contributed by atoms with Crippen molar-refractivity contribution in [3.63, 3.8) is 0 Å². The van der Waals surface area contributed by atoms with E-state index in [1.165, 1.54) is 5.56 Å². The molecular weight excluding hydrogens is 318 g/mol. The van der Waals surface area contributed by atoms with Crippen molar-refractivity contribution in [2.24, 2.45) is 0 Å². The highest BCUT2D eigenvalue weighted by molar-refractivity contribution is 9.10. The lowest BCUT2D eigenvalue weighted by molar-refractivity contribution is 0.102. The first-order valence-electron chi connectivity index (χ1n) is 6.38. The summed E-state index contributed by atoms with van der Waals surface area (Å²) in [5.74, 6) is 0.482. The number of carbonyl (C=O) groups excluding carboxylic acids is 1. The zero-order valence-corrected chi connectivity index (χ0v) is 13.0. The van der Waals surface area contributed by atoms with Crippen LogP contribution in [0.2, 0.25) is 0 Å². The Morgan fingerprint density at radius 3 is 2.50 bits per heavy atom. The summed E-state index contributed by atoms with van der Waals surface area (Å²) in [6, 6.07) is 13.1. The summed E-state index contributed by atoms with van der Waals surface area (Å²) in [6.45, 7) is 2.08. The molecule has 0 aromatic heterocycles. The molecule has 3 nitrogen and oxygen atoms in total. The summed E-state index contributed by atoms with van der Waals surface area (Å²) in [5.41, 5.74) is 2.48. The summed E-state index contributed by atoms with van der Waals surface area (Å²) in [4.78, 5) is 12.2. The molecule has 2 aromatic rings. The maximum atomic E-state index is 12.2. The fraction of sp³-hybridized carbons (Fsp3) is 0.188. The van der Waals surface area contributed by atoms with Crippen molar-refractivity contribution < 1.29 is 9.53 Å². The maximum Gasteiger partial charge on any atom is 0.255 e.